The van der Waals surface area contributed by atoms with Gasteiger partial charge in [-0.3, -0.25) is 13.8 Å². The molecule has 2 unspecified atom stereocenters. The first kappa shape index (κ1) is 16.7. The van der Waals surface area contributed by atoms with E-state index in [9.17, 15) is 13.8 Å². The van der Waals surface area contributed by atoms with E-state index in [1.165, 1.54) is 6.92 Å². The van der Waals surface area contributed by atoms with Crippen molar-refractivity contribution in [2.75, 3.05) is 18.8 Å². The number of hydrogen-bond acceptors (Lipinski definition) is 3. The predicted molar refractivity (Wildman–Crippen MR) is 85.9 cm³/mol. The Morgan fingerprint density at radius 1 is 1.41 bits per heavy atom. The van der Waals surface area contributed by atoms with E-state index in [4.69, 9.17) is 0 Å². The van der Waals surface area contributed by atoms with E-state index in [1.807, 2.05) is 25.1 Å². The molecule has 2 atom stereocenters. The fraction of sp³-hybridized carbons (Fsp3) is 0.500. The number of rotatable bonds is 4. The molecule has 1 aromatic carbocycles. The van der Waals surface area contributed by atoms with Crippen molar-refractivity contribution in [1.82, 2.24) is 10.2 Å². The standard InChI is InChI=1S/C16H22N2O3S/c1-12-5-3-7-15(9-12)22(21)11-16(20)18-8-4-6-14(10-18)17-13(2)19/h3,5,7,9,14H,4,6,8,10-11H2,1-2H3,(H,17,19). The molecule has 1 aliphatic rings. The van der Waals surface area contributed by atoms with E-state index < -0.39 is 10.8 Å². The molecule has 0 saturated carbocycles. The van der Waals surface area contributed by atoms with Gasteiger partial charge in [-0.05, 0) is 37.5 Å². The molecule has 1 aliphatic heterocycles. The Hall–Kier alpha value is -1.69. The van der Waals surface area contributed by atoms with Crippen molar-refractivity contribution in [3.8, 4) is 0 Å². The molecule has 1 heterocycles. The minimum atomic E-state index is -1.33. The summed E-state index contributed by atoms with van der Waals surface area (Å²) >= 11 is 0. The summed E-state index contributed by atoms with van der Waals surface area (Å²) in [5.74, 6) is -0.200. The van der Waals surface area contributed by atoms with Gasteiger partial charge in [0.1, 0.15) is 5.75 Å². The second-order valence-electron chi connectivity index (χ2n) is 5.69. The van der Waals surface area contributed by atoms with Crippen LogP contribution in [0.2, 0.25) is 0 Å². The summed E-state index contributed by atoms with van der Waals surface area (Å²) in [6, 6.07) is 7.42. The van der Waals surface area contributed by atoms with Crippen molar-refractivity contribution < 1.29 is 13.8 Å². The molecule has 0 radical (unpaired) electrons. The molecule has 2 amide bonds. The van der Waals surface area contributed by atoms with Crippen LogP contribution in [-0.2, 0) is 20.4 Å². The highest BCUT2D eigenvalue weighted by Gasteiger charge is 2.25. The van der Waals surface area contributed by atoms with Gasteiger partial charge in [0.2, 0.25) is 11.8 Å². The first-order chi connectivity index (χ1) is 10.5. The Kier molecular flexibility index (Phi) is 5.71. The third-order valence-electron chi connectivity index (χ3n) is 3.69. The summed E-state index contributed by atoms with van der Waals surface area (Å²) in [6.07, 6.45) is 1.73. The van der Waals surface area contributed by atoms with Crippen LogP contribution in [0, 0.1) is 6.92 Å². The predicted octanol–water partition coefficient (Wildman–Crippen LogP) is 1.23. The topological polar surface area (TPSA) is 66.5 Å². The highest BCUT2D eigenvalue weighted by molar-refractivity contribution is 7.85. The zero-order chi connectivity index (χ0) is 16.1. The van der Waals surface area contributed by atoms with Gasteiger partial charge in [-0.2, -0.15) is 0 Å². The third kappa shape index (κ3) is 4.66. The molecule has 0 bridgehead atoms. The van der Waals surface area contributed by atoms with Crippen molar-refractivity contribution in [3.05, 3.63) is 29.8 Å². The fourth-order valence-corrected chi connectivity index (χ4v) is 3.77. The van der Waals surface area contributed by atoms with Crippen LogP contribution in [0.5, 0.6) is 0 Å². The Bertz CT molecular complexity index is 589. The maximum atomic E-state index is 12.3. The number of aryl methyl sites for hydroxylation is 1. The van der Waals surface area contributed by atoms with Gasteiger partial charge < -0.3 is 10.2 Å². The van der Waals surface area contributed by atoms with Gasteiger partial charge in [0.05, 0.1) is 10.8 Å². The number of carbonyl (C=O) groups excluding carboxylic acids is 2. The van der Waals surface area contributed by atoms with Crippen LogP contribution in [0.15, 0.2) is 29.2 Å². The van der Waals surface area contributed by atoms with Crippen LogP contribution in [0.1, 0.15) is 25.3 Å². The number of carbonyl (C=O) groups is 2. The zero-order valence-corrected chi connectivity index (χ0v) is 13.8. The minimum Gasteiger partial charge on any atom is -0.352 e. The third-order valence-corrected chi connectivity index (χ3v) is 4.98. The van der Waals surface area contributed by atoms with E-state index in [0.29, 0.717) is 18.0 Å². The maximum absolute atomic E-state index is 12.3. The first-order valence-corrected chi connectivity index (χ1v) is 8.77. The summed E-state index contributed by atoms with van der Waals surface area (Å²) in [5.41, 5.74) is 1.03. The number of hydrogen-bond donors (Lipinski definition) is 1. The van der Waals surface area contributed by atoms with Crippen LogP contribution < -0.4 is 5.32 Å². The SMILES string of the molecule is CC(=O)NC1CCCN(C(=O)CS(=O)c2cccc(C)c2)C1. The van der Waals surface area contributed by atoms with E-state index in [1.54, 1.807) is 11.0 Å². The molecule has 1 fully saturated rings. The van der Waals surface area contributed by atoms with Crippen molar-refractivity contribution in [2.45, 2.75) is 37.6 Å². The molecule has 1 aromatic rings. The quantitative estimate of drug-likeness (QED) is 0.907. The molecule has 0 spiro atoms. The maximum Gasteiger partial charge on any atom is 0.235 e. The number of nitrogens with zero attached hydrogens (tertiary/aromatic N) is 1. The van der Waals surface area contributed by atoms with Gasteiger partial charge in [0.25, 0.3) is 0 Å². The molecule has 6 heteroatoms. The van der Waals surface area contributed by atoms with Crippen molar-refractivity contribution in [2.24, 2.45) is 0 Å². The van der Waals surface area contributed by atoms with Crippen LogP contribution in [0.3, 0.4) is 0 Å². The highest BCUT2D eigenvalue weighted by Crippen LogP contribution is 2.13. The lowest BCUT2D eigenvalue weighted by molar-refractivity contribution is -0.130. The second-order valence-corrected chi connectivity index (χ2v) is 7.14. The van der Waals surface area contributed by atoms with Crippen LogP contribution in [0.4, 0.5) is 0 Å². The Morgan fingerprint density at radius 3 is 2.86 bits per heavy atom. The Morgan fingerprint density at radius 2 is 2.18 bits per heavy atom. The summed E-state index contributed by atoms with van der Waals surface area (Å²) in [4.78, 5) is 25.8. The molecule has 0 aliphatic carbocycles. The molecule has 22 heavy (non-hydrogen) atoms. The number of piperidine rings is 1. The van der Waals surface area contributed by atoms with Gasteiger partial charge >= 0.3 is 0 Å². The molecule has 0 aromatic heterocycles. The van der Waals surface area contributed by atoms with E-state index in [-0.39, 0.29) is 23.6 Å². The number of likely N-dealkylation sites (tertiary alicyclic amines) is 1. The second kappa shape index (κ2) is 7.54. The zero-order valence-electron chi connectivity index (χ0n) is 13.0. The molecule has 1 saturated heterocycles. The lowest BCUT2D eigenvalue weighted by Gasteiger charge is -2.33. The number of nitrogens with one attached hydrogen (secondary N) is 1. The van der Waals surface area contributed by atoms with Crippen molar-refractivity contribution >= 4 is 22.6 Å². The molecule has 5 nitrogen and oxygen atoms in total. The normalized spacial score (nSPS) is 19.5. The first-order valence-electron chi connectivity index (χ1n) is 7.45. The van der Waals surface area contributed by atoms with Crippen LogP contribution in [0.25, 0.3) is 0 Å². The van der Waals surface area contributed by atoms with Gasteiger partial charge in [-0.25, -0.2) is 0 Å². The van der Waals surface area contributed by atoms with Gasteiger partial charge in [-0.15, -0.1) is 0 Å². The smallest absolute Gasteiger partial charge is 0.235 e. The highest BCUT2D eigenvalue weighted by atomic mass is 32.2. The van der Waals surface area contributed by atoms with E-state index >= 15 is 0 Å². The van der Waals surface area contributed by atoms with E-state index in [2.05, 4.69) is 5.32 Å². The van der Waals surface area contributed by atoms with Crippen molar-refractivity contribution in [1.29, 1.82) is 0 Å². The summed E-state index contributed by atoms with van der Waals surface area (Å²) < 4.78 is 12.3. The summed E-state index contributed by atoms with van der Waals surface area (Å²) in [7, 11) is -1.33. The lowest BCUT2D eigenvalue weighted by Crippen LogP contribution is -2.50. The van der Waals surface area contributed by atoms with E-state index in [0.717, 1.165) is 18.4 Å². The Labute approximate surface area is 133 Å². The van der Waals surface area contributed by atoms with Crippen LogP contribution in [-0.4, -0.2) is 45.8 Å². The minimum absolute atomic E-state index is 0.00241. The van der Waals surface area contributed by atoms with Gasteiger partial charge in [0, 0.05) is 31.0 Å². The van der Waals surface area contributed by atoms with Gasteiger partial charge in [0.15, 0.2) is 0 Å². The monoisotopic (exact) mass is 322 g/mol. The Balaban J connectivity index is 1.93. The summed E-state index contributed by atoms with van der Waals surface area (Å²) in [5, 5.41) is 2.85. The molecule has 120 valence electrons. The molecular formula is C16H22N2O3S. The molecular weight excluding hydrogens is 300 g/mol. The average Bonchev–Trinajstić information content (AvgIpc) is 2.46. The van der Waals surface area contributed by atoms with Crippen molar-refractivity contribution in [3.63, 3.8) is 0 Å². The number of benzene rings is 1. The summed E-state index contributed by atoms with van der Waals surface area (Å²) in [6.45, 7) is 4.59. The van der Waals surface area contributed by atoms with Crippen LogP contribution >= 0.6 is 0 Å². The molecule has 1 N–H and O–H groups in total. The molecule has 2 rings (SSSR count). The van der Waals surface area contributed by atoms with Gasteiger partial charge in [-0.1, -0.05) is 12.1 Å². The average molecular weight is 322 g/mol. The lowest BCUT2D eigenvalue weighted by atomic mass is 10.1. The largest absolute Gasteiger partial charge is 0.352 e. The fourth-order valence-electron chi connectivity index (χ4n) is 2.65. The number of amides is 2.